The van der Waals surface area contributed by atoms with E-state index in [1.165, 1.54) is 0 Å². The van der Waals surface area contributed by atoms with Crippen LogP contribution in [0.3, 0.4) is 0 Å². The number of nitrogens with two attached hydrogens (primary N) is 1. The summed E-state index contributed by atoms with van der Waals surface area (Å²) < 4.78 is 101. The molecule has 0 amide bonds. The minimum Gasteiger partial charge on any atom is -0.327 e. The Morgan fingerprint density at radius 2 is 1.48 bits per heavy atom. The van der Waals surface area contributed by atoms with Crippen molar-refractivity contribution in [3.8, 4) is 0 Å². The zero-order valence-electron chi connectivity index (χ0n) is 10.00. The number of hydrogen-bond donors (Lipinski definition) is 1. The first kappa shape index (κ1) is 18.1. The van der Waals surface area contributed by atoms with Crippen LogP contribution in [-0.4, -0.2) is 18.4 Å². The Labute approximate surface area is 122 Å². The third-order valence-corrected chi connectivity index (χ3v) is 3.32. The van der Waals surface area contributed by atoms with Crippen molar-refractivity contribution in [1.29, 1.82) is 0 Å². The molecule has 0 saturated heterocycles. The van der Waals surface area contributed by atoms with Gasteiger partial charge in [0.15, 0.2) is 5.92 Å². The van der Waals surface area contributed by atoms with Crippen LogP contribution in [0.2, 0.25) is 0 Å². The molecule has 0 bridgehead atoms. The van der Waals surface area contributed by atoms with Gasteiger partial charge in [-0.3, -0.25) is 0 Å². The van der Waals surface area contributed by atoms with Gasteiger partial charge in [0, 0.05) is 11.6 Å². The molecule has 1 aromatic rings. The van der Waals surface area contributed by atoms with Gasteiger partial charge < -0.3 is 5.73 Å². The highest BCUT2D eigenvalue weighted by molar-refractivity contribution is 9.10. The molecular weight excluding hydrogens is 378 g/mol. The molecule has 0 radical (unpaired) electrons. The summed E-state index contributed by atoms with van der Waals surface area (Å²) in [5, 5.41) is 0. The second-order valence-corrected chi connectivity index (χ2v) is 5.10. The average Bonchev–Trinajstić information content (AvgIpc) is 2.25. The third kappa shape index (κ3) is 4.29. The van der Waals surface area contributed by atoms with Gasteiger partial charge in [-0.15, -0.1) is 0 Å². The third-order valence-electron chi connectivity index (χ3n) is 2.71. The van der Waals surface area contributed by atoms with Crippen LogP contribution >= 0.6 is 15.9 Å². The quantitative estimate of drug-likeness (QED) is 0.607. The lowest BCUT2D eigenvalue weighted by Crippen LogP contribution is -2.50. The molecule has 0 aliphatic heterocycles. The Bertz CT molecular complexity index is 496. The summed E-state index contributed by atoms with van der Waals surface area (Å²) in [6.07, 6.45) is -12.6. The summed E-state index contributed by atoms with van der Waals surface area (Å²) in [5.41, 5.74) is 3.99. The lowest BCUT2D eigenvalue weighted by molar-refractivity contribution is -0.289. The van der Waals surface area contributed by atoms with E-state index >= 15 is 0 Å². The normalized spacial score (nSPS) is 14.6. The molecule has 10 heteroatoms. The lowest BCUT2D eigenvalue weighted by Gasteiger charge is -2.28. The number of halogens is 9. The van der Waals surface area contributed by atoms with Gasteiger partial charge in [0.25, 0.3) is 0 Å². The Balaban J connectivity index is 3.15. The van der Waals surface area contributed by atoms with Gasteiger partial charge in [0.1, 0.15) is 11.6 Å². The van der Waals surface area contributed by atoms with Gasteiger partial charge in [-0.25, -0.2) is 8.78 Å². The number of alkyl halides is 6. The summed E-state index contributed by atoms with van der Waals surface area (Å²) >= 11 is 2.66. The van der Waals surface area contributed by atoms with Gasteiger partial charge in [-0.05, 0) is 34.5 Å². The minimum atomic E-state index is -5.67. The molecule has 21 heavy (non-hydrogen) atoms. The van der Waals surface area contributed by atoms with Crippen LogP contribution in [0.25, 0.3) is 0 Å². The molecule has 1 nitrogen and oxygen atoms in total. The first-order valence-electron chi connectivity index (χ1n) is 5.37. The summed E-state index contributed by atoms with van der Waals surface area (Å²) in [5.74, 6) is -6.43. The second-order valence-electron chi connectivity index (χ2n) is 4.25. The highest BCUT2D eigenvalue weighted by atomic mass is 79.9. The molecule has 1 unspecified atom stereocenters. The first-order valence-corrected chi connectivity index (χ1v) is 6.16. The fraction of sp³-hybridized carbons (Fsp3) is 0.455. The van der Waals surface area contributed by atoms with Crippen LogP contribution in [0.1, 0.15) is 5.56 Å². The fourth-order valence-corrected chi connectivity index (χ4v) is 2.15. The fourth-order valence-electron chi connectivity index (χ4n) is 1.78. The Hall–Kier alpha value is -0.900. The minimum absolute atomic E-state index is 0.290. The van der Waals surface area contributed by atoms with Crippen molar-refractivity contribution in [2.45, 2.75) is 24.8 Å². The topological polar surface area (TPSA) is 26.0 Å². The zero-order chi connectivity index (χ0) is 16.6. The molecule has 1 aromatic carbocycles. The van der Waals surface area contributed by atoms with Gasteiger partial charge in [-0.2, -0.15) is 26.3 Å². The molecular formula is C11H8BrF8N. The van der Waals surface area contributed by atoms with Crippen LogP contribution in [-0.2, 0) is 6.42 Å². The summed E-state index contributed by atoms with van der Waals surface area (Å²) in [6.45, 7) is 0. The predicted octanol–water partition coefficient (Wildman–Crippen LogP) is 4.34. The largest absolute Gasteiger partial charge is 0.402 e. The highest BCUT2D eigenvalue weighted by Crippen LogP contribution is 2.41. The number of rotatable bonds is 3. The van der Waals surface area contributed by atoms with Crippen molar-refractivity contribution >= 4 is 15.9 Å². The molecule has 2 N–H and O–H groups in total. The molecule has 0 aliphatic rings. The van der Waals surface area contributed by atoms with E-state index in [1.54, 1.807) is 0 Å². The van der Waals surface area contributed by atoms with Crippen molar-refractivity contribution < 1.29 is 35.1 Å². The van der Waals surface area contributed by atoms with E-state index in [9.17, 15) is 35.1 Å². The number of benzene rings is 1. The summed E-state index contributed by atoms with van der Waals surface area (Å²) in [7, 11) is 0. The van der Waals surface area contributed by atoms with E-state index in [0.29, 0.717) is 6.07 Å². The lowest BCUT2D eigenvalue weighted by atomic mass is 9.92. The second kappa shape index (κ2) is 6.07. The Kier molecular flexibility index (Phi) is 5.25. The maximum absolute atomic E-state index is 13.6. The van der Waals surface area contributed by atoms with Crippen molar-refractivity contribution in [2.24, 2.45) is 11.7 Å². The van der Waals surface area contributed by atoms with Crippen LogP contribution < -0.4 is 5.73 Å². The van der Waals surface area contributed by atoms with E-state index in [4.69, 9.17) is 5.73 Å². The maximum atomic E-state index is 13.6. The zero-order valence-corrected chi connectivity index (χ0v) is 11.6. The van der Waals surface area contributed by atoms with Gasteiger partial charge in [-0.1, -0.05) is 0 Å². The van der Waals surface area contributed by atoms with Gasteiger partial charge >= 0.3 is 12.4 Å². The number of hydrogen-bond acceptors (Lipinski definition) is 1. The predicted molar refractivity (Wildman–Crippen MR) is 61.3 cm³/mol. The van der Waals surface area contributed by atoms with Gasteiger partial charge in [0.2, 0.25) is 0 Å². The molecule has 0 heterocycles. The molecule has 0 aromatic heterocycles. The van der Waals surface area contributed by atoms with Crippen molar-refractivity contribution in [3.05, 3.63) is 33.8 Å². The molecule has 0 saturated carbocycles. The van der Waals surface area contributed by atoms with E-state index in [1.807, 2.05) is 0 Å². The molecule has 0 aliphatic carbocycles. The highest BCUT2D eigenvalue weighted by Gasteiger charge is 2.59. The first-order chi connectivity index (χ1) is 9.35. The van der Waals surface area contributed by atoms with E-state index in [0.717, 1.165) is 6.07 Å². The van der Waals surface area contributed by atoms with Crippen molar-refractivity contribution in [1.82, 2.24) is 0 Å². The SMILES string of the molecule is NC(Cc1c(F)ccc(Br)c1F)C(C(F)(F)F)C(F)(F)F. The van der Waals surface area contributed by atoms with Crippen LogP contribution in [0.15, 0.2) is 16.6 Å². The van der Waals surface area contributed by atoms with Crippen molar-refractivity contribution in [2.75, 3.05) is 0 Å². The van der Waals surface area contributed by atoms with E-state index < -0.39 is 47.9 Å². The van der Waals surface area contributed by atoms with Crippen LogP contribution in [0.4, 0.5) is 35.1 Å². The van der Waals surface area contributed by atoms with Crippen LogP contribution in [0, 0.1) is 17.6 Å². The van der Waals surface area contributed by atoms with Crippen molar-refractivity contribution in [3.63, 3.8) is 0 Å². The Morgan fingerprint density at radius 3 is 1.90 bits per heavy atom. The molecule has 0 spiro atoms. The average molecular weight is 386 g/mol. The monoisotopic (exact) mass is 385 g/mol. The van der Waals surface area contributed by atoms with E-state index in [2.05, 4.69) is 15.9 Å². The molecule has 1 rings (SSSR count). The van der Waals surface area contributed by atoms with E-state index in [-0.39, 0.29) is 4.47 Å². The molecule has 0 fully saturated rings. The molecule has 1 atom stereocenters. The summed E-state index contributed by atoms with van der Waals surface area (Å²) in [4.78, 5) is 0. The summed E-state index contributed by atoms with van der Waals surface area (Å²) in [6, 6.07) is -0.917. The molecule has 120 valence electrons. The Morgan fingerprint density at radius 1 is 1.00 bits per heavy atom. The van der Waals surface area contributed by atoms with Gasteiger partial charge in [0.05, 0.1) is 4.47 Å². The van der Waals surface area contributed by atoms with Crippen LogP contribution in [0.5, 0.6) is 0 Å². The smallest absolute Gasteiger partial charge is 0.327 e. The standard InChI is InChI=1S/C11H8BrF8N/c12-5-1-2-6(13)4(8(5)14)3-7(21)9(10(15,16)17)11(18,19)20/h1-2,7,9H,3,21H2. The maximum Gasteiger partial charge on any atom is 0.402 e.